The maximum atomic E-state index is 3.36. The van der Waals surface area contributed by atoms with Crippen LogP contribution in [-0.2, 0) is 0 Å². The highest BCUT2D eigenvalue weighted by molar-refractivity contribution is 5.48. The van der Waals surface area contributed by atoms with Crippen molar-refractivity contribution in [3.05, 3.63) is 42.0 Å². The van der Waals surface area contributed by atoms with Crippen molar-refractivity contribution in [3.8, 4) is 0 Å². The molecule has 0 unspecified atom stereocenters. The van der Waals surface area contributed by atoms with Gasteiger partial charge in [-0.3, -0.25) is 4.90 Å². The molecule has 16 heavy (non-hydrogen) atoms. The summed E-state index contributed by atoms with van der Waals surface area (Å²) in [5.41, 5.74) is 1.95. The molecule has 0 saturated carbocycles. The van der Waals surface area contributed by atoms with E-state index >= 15 is 0 Å². The zero-order valence-corrected chi connectivity index (χ0v) is 9.52. The molecular formula is C14H18N2. The molecule has 84 valence electrons. The minimum absolute atomic E-state index is 0.653. The van der Waals surface area contributed by atoms with E-state index in [2.05, 4.69) is 52.7 Å². The Hall–Kier alpha value is -1.12. The van der Waals surface area contributed by atoms with Gasteiger partial charge < -0.3 is 5.32 Å². The Morgan fingerprint density at radius 3 is 2.56 bits per heavy atom. The summed E-state index contributed by atoms with van der Waals surface area (Å²) in [5.74, 6) is 0. The van der Waals surface area contributed by atoms with Crippen LogP contribution in [0.25, 0.3) is 6.08 Å². The summed E-state index contributed by atoms with van der Waals surface area (Å²) >= 11 is 0. The molecular weight excluding hydrogens is 196 g/mol. The van der Waals surface area contributed by atoms with E-state index in [1.54, 1.807) is 0 Å². The second-order valence-corrected chi connectivity index (χ2v) is 5.09. The van der Waals surface area contributed by atoms with E-state index in [9.17, 15) is 0 Å². The van der Waals surface area contributed by atoms with Crippen LogP contribution in [0.3, 0.4) is 0 Å². The predicted molar refractivity (Wildman–Crippen MR) is 67.2 cm³/mol. The van der Waals surface area contributed by atoms with Gasteiger partial charge >= 0.3 is 0 Å². The van der Waals surface area contributed by atoms with Crippen molar-refractivity contribution in [2.75, 3.05) is 32.7 Å². The molecule has 0 amide bonds. The zero-order valence-electron chi connectivity index (χ0n) is 9.52. The van der Waals surface area contributed by atoms with Crippen molar-refractivity contribution in [3.63, 3.8) is 0 Å². The molecule has 2 saturated heterocycles. The van der Waals surface area contributed by atoms with Gasteiger partial charge in [0, 0.05) is 38.1 Å². The van der Waals surface area contributed by atoms with Gasteiger partial charge in [-0.2, -0.15) is 0 Å². The molecule has 0 radical (unpaired) electrons. The lowest BCUT2D eigenvalue weighted by Crippen LogP contribution is -2.70. The maximum absolute atomic E-state index is 3.36. The molecule has 2 aliphatic heterocycles. The Balaban J connectivity index is 1.46. The highest BCUT2D eigenvalue weighted by Gasteiger charge is 2.46. The largest absolute Gasteiger partial charge is 0.315 e. The summed E-state index contributed by atoms with van der Waals surface area (Å²) < 4.78 is 0. The maximum Gasteiger partial charge on any atom is 0.0207 e. The Bertz CT molecular complexity index is 371. The van der Waals surface area contributed by atoms with Crippen molar-refractivity contribution < 1.29 is 0 Å². The van der Waals surface area contributed by atoms with E-state index in [0.29, 0.717) is 5.41 Å². The van der Waals surface area contributed by atoms with Gasteiger partial charge in [-0.25, -0.2) is 0 Å². The fraction of sp³-hybridized carbons (Fsp3) is 0.429. The van der Waals surface area contributed by atoms with E-state index < -0.39 is 0 Å². The number of likely N-dealkylation sites (tertiary alicyclic amines) is 1. The first-order valence-electron chi connectivity index (χ1n) is 6.01. The molecule has 1 aromatic carbocycles. The van der Waals surface area contributed by atoms with E-state index in [-0.39, 0.29) is 0 Å². The van der Waals surface area contributed by atoms with Crippen molar-refractivity contribution in [1.29, 1.82) is 0 Å². The summed E-state index contributed by atoms with van der Waals surface area (Å²) in [6, 6.07) is 10.5. The second-order valence-electron chi connectivity index (χ2n) is 5.09. The molecule has 1 spiro atoms. The summed E-state index contributed by atoms with van der Waals surface area (Å²) in [7, 11) is 0. The smallest absolute Gasteiger partial charge is 0.0207 e. The molecule has 0 aromatic heterocycles. The SMILES string of the molecule is C(=Cc1ccccc1)CN1CC2(CNC2)C1. The van der Waals surface area contributed by atoms with Gasteiger partial charge in [-0.15, -0.1) is 0 Å². The fourth-order valence-corrected chi connectivity index (χ4v) is 2.64. The Kier molecular flexibility index (Phi) is 2.54. The van der Waals surface area contributed by atoms with Crippen LogP contribution in [0.5, 0.6) is 0 Å². The van der Waals surface area contributed by atoms with Gasteiger partial charge in [0.05, 0.1) is 0 Å². The molecule has 2 heteroatoms. The molecule has 2 heterocycles. The average Bonchev–Trinajstić information content (AvgIpc) is 2.20. The molecule has 0 atom stereocenters. The molecule has 0 aliphatic carbocycles. The van der Waals surface area contributed by atoms with Crippen LogP contribution in [0.15, 0.2) is 36.4 Å². The Morgan fingerprint density at radius 2 is 1.94 bits per heavy atom. The molecule has 3 rings (SSSR count). The third-order valence-corrected chi connectivity index (χ3v) is 3.59. The van der Waals surface area contributed by atoms with Crippen molar-refractivity contribution >= 4 is 6.08 Å². The van der Waals surface area contributed by atoms with Gasteiger partial charge in [0.25, 0.3) is 0 Å². The first-order chi connectivity index (χ1) is 7.86. The highest BCUT2D eigenvalue weighted by atomic mass is 15.2. The van der Waals surface area contributed by atoms with Gasteiger partial charge in [0.15, 0.2) is 0 Å². The lowest BCUT2D eigenvalue weighted by atomic mass is 9.74. The van der Waals surface area contributed by atoms with Crippen LogP contribution < -0.4 is 5.32 Å². The van der Waals surface area contributed by atoms with Crippen LogP contribution in [0.1, 0.15) is 5.56 Å². The number of hydrogen-bond acceptors (Lipinski definition) is 2. The summed E-state index contributed by atoms with van der Waals surface area (Å²) in [4.78, 5) is 2.51. The summed E-state index contributed by atoms with van der Waals surface area (Å²) in [5, 5.41) is 3.36. The molecule has 2 aliphatic rings. The molecule has 2 fully saturated rings. The fourth-order valence-electron chi connectivity index (χ4n) is 2.64. The summed E-state index contributed by atoms with van der Waals surface area (Å²) in [6.07, 6.45) is 4.48. The quantitative estimate of drug-likeness (QED) is 0.822. The first kappa shape index (κ1) is 10.1. The van der Waals surface area contributed by atoms with Crippen molar-refractivity contribution in [2.24, 2.45) is 5.41 Å². The lowest BCUT2D eigenvalue weighted by Gasteiger charge is -2.56. The van der Waals surface area contributed by atoms with Crippen LogP contribution in [0, 0.1) is 5.41 Å². The minimum Gasteiger partial charge on any atom is -0.315 e. The van der Waals surface area contributed by atoms with Crippen LogP contribution in [-0.4, -0.2) is 37.6 Å². The van der Waals surface area contributed by atoms with Crippen LogP contribution >= 0.6 is 0 Å². The van der Waals surface area contributed by atoms with E-state index in [0.717, 1.165) is 6.54 Å². The summed E-state index contributed by atoms with van der Waals surface area (Å²) in [6.45, 7) is 6.10. The zero-order chi connectivity index (χ0) is 10.8. The lowest BCUT2D eigenvalue weighted by molar-refractivity contribution is -0.0316. The van der Waals surface area contributed by atoms with Crippen molar-refractivity contribution in [1.82, 2.24) is 10.2 Å². The monoisotopic (exact) mass is 214 g/mol. The normalized spacial score (nSPS) is 23.2. The van der Waals surface area contributed by atoms with Gasteiger partial charge in [0.2, 0.25) is 0 Å². The highest BCUT2D eigenvalue weighted by Crippen LogP contribution is 2.33. The van der Waals surface area contributed by atoms with Crippen LogP contribution in [0.4, 0.5) is 0 Å². The van der Waals surface area contributed by atoms with Crippen LogP contribution in [0.2, 0.25) is 0 Å². The first-order valence-corrected chi connectivity index (χ1v) is 6.01. The van der Waals surface area contributed by atoms with E-state index in [4.69, 9.17) is 0 Å². The molecule has 0 bridgehead atoms. The minimum atomic E-state index is 0.653. The van der Waals surface area contributed by atoms with Gasteiger partial charge in [-0.05, 0) is 5.56 Å². The third-order valence-electron chi connectivity index (χ3n) is 3.59. The standard InChI is InChI=1S/C14H18N2/c1-2-5-13(6-3-1)7-4-8-16-11-14(12-16)9-15-10-14/h1-7,15H,8-12H2. The van der Waals surface area contributed by atoms with Crippen molar-refractivity contribution in [2.45, 2.75) is 0 Å². The van der Waals surface area contributed by atoms with E-state index in [1.165, 1.54) is 31.7 Å². The number of hydrogen-bond donors (Lipinski definition) is 1. The molecule has 1 aromatic rings. The number of benzene rings is 1. The Morgan fingerprint density at radius 1 is 1.19 bits per heavy atom. The number of nitrogens with zero attached hydrogens (tertiary/aromatic N) is 1. The van der Waals surface area contributed by atoms with E-state index in [1.807, 2.05) is 0 Å². The van der Waals surface area contributed by atoms with Gasteiger partial charge in [0.1, 0.15) is 0 Å². The number of rotatable bonds is 3. The Labute approximate surface area is 97.0 Å². The third kappa shape index (κ3) is 1.91. The van der Waals surface area contributed by atoms with Gasteiger partial charge in [-0.1, -0.05) is 42.5 Å². The number of nitrogens with one attached hydrogen (secondary N) is 1. The second kappa shape index (κ2) is 4.04. The topological polar surface area (TPSA) is 15.3 Å². The average molecular weight is 214 g/mol. The predicted octanol–water partition coefficient (Wildman–Crippen LogP) is 1.60. The molecule has 2 nitrogen and oxygen atoms in total. The molecule has 1 N–H and O–H groups in total.